The molecule has 0 aromatic heterocycles. The summed E-state index contributed by atoms with van der Waals surface area (Å²) in [5.74, 6) is -0.911. The first-order chi connectivity index (χ1) is 26.2. The maximum atomic E-state index is 12.6. The maximum Gasteiger partial charge on any atom is 0.472 e. The second-order valence-corrected chi connectivity index (χ2v) is 16.9. The summed E-state index contributed by atoms with van der Waals surface area (Å²) in [5, 5.41) is 18.3. The number of hydrogen-bond donors (Lipinski definition) is 3. The number of ether oxygens (including phenoxy) is 2. The molecule has 1 unspecified atom stereocenters. The van der Waals surface area contributed by atoms with E-state index in [-0.39, 0.29) is 19.4 Å². The number of hydrogen-bond acceptors (Lipinski definition) is 9. The largest absolute Gasteiger partial charge is 0.472 e. The summed E-state index contributed by atoms with van der Waals surface area (Å²) in [7, 11) is -4.61. The van der Waals surface area contributed by atoms with E-state index in [0.29, 0.717) is 12.8 Å². The molecule has 0 heterocycles. The van der Waals surface area contributed by atoms with Gasteiger partial charge in [0.25, 0.3) is 0 Å². The molecule has 0 rings (SSSR count). The fraction of sp³-hybridized carbons (Fsp3) is 0.953. The molecule has 0 bridgehead atoms. The van der Waals surface area contributed by atoms with E-state index in [2.05, 4.69) is 18.4 Å². The summed E-state index contributed by atoms with van der Waals surface area (Å²) in [4.78, 5) is 34.9. The van der Waals surface area contributed by atoms with E-state index in [9.17, 15) is 24.2 Å². The molecule has 0 aliphatic carbocycles. The first-order valence-corrected chi connectivity index (χ1v) is 24.0. The highest BCUT2D eigenvalue weighted by molar-refractivity contribution is 7.47. The first kappa shape index (κ1) is 53.0. The van der Waals surface area contributed by atoms with Crippen LogP contribution in [0.15, 0.2) is 0 Å². The van der Waals surface area contributed by atoms with Crippen LogP contribution < -0.4 is 0 Å². The van der Waals surface area contributed by atoms with Gasteiger partial charge < -0.3 is 24.6 Å². The highest BCUT2D eigenvalue weighted by atomic mass is 31.2. The molecule has 11 heteroatoms. The van der Waals surface area contributed by atoms with Crippen molar-refractivity contribution in [3.8, 4) is 0 Å². The second kappa shape index (κ2) is 40.2. The minimum absolute atomic E-state index is 0.193. The zero-order valence-electron chi connectivity index (χ0n) is 35.0. The molecule has 0 spiro atoms. The molecule has 0 saturated carbocycles. The molecule has 0 amide bonds. The monoisotopic (exact) mass is 793 g/mol. The van der Waals surface area contributed by atoms with E-state index >= 15 is 0 Å². The van der Waals surface area contributed by atoms with Crippen molar-refractivity contribution in [2.45, 2.75) is 238 Å². The van der Waals surface area contributed by atoms with Gasteiger partial charge >= 0.3 is 19.8 Å². The van der Waals surface area contributed by atoms with Gasteiger partial charge in [-0.1, -0.05) is 200 Å². The minimum atomic E-state index is -4.61. The normalized spacial score (nSPS) is 13.8. The molecular formula is C43H85O10P. The van der Waals surface area contributed by atoms with Crippen LogP contribution in [0.2, 0.25) is 0 Å². The molecular weight excluding hydrogens is 707 g/mol. The van der Waals surface area contributed by atoms with Crippen LogP contribution in [-0.2, 0) is 32.7 Å². The van der Waals surface area contributed by atoms with Crippen molar-refractivity contribution >= 4 is 19.8 Å². The topological polar surface area (TPSA) is 149 Å². The van der Waals surface area contributed by atoms with Crippen LogP contribution in [0, 0.1) is 0 Å². The van der Waals surface area contributed by atoms with Gasteiger partial charge in [-0.25, -0.2) is 4.57 Å². The van der Waals surface area contributed by atoms with Crippen molar-refractivity contribution < 1.29 is 47.8 Å². The quantitative estimate of drug-likeness (QED) is 0.0309. The Morgan fingerprint density at radius 2 is 0.796 bits per heavy atom. The van der Waals surface area contributed by atoms with Gasteiger partial charge in [0.05, 0.1) is 19.8 Å². The molecule has 0 fully saturated rings. The summed E-state index contributed by atoms with van der Waals surface area (Å²) in [6.45, 7) is 2.40. The number of esters is 2. The van der Waals surface area contributed by atoms with Gasteiger partial charge in [0.15, 0.2) is 6.10 Å². The summed E-state index contributed by atoms with van der Waals surface area (Å²) in [6.07, 6.45) is 36.5. The van der Waals surface area contributed by atoms with Crippen molar-refractivity contribution in [2.75, 3.05) is 26.4 Å². The van der Waals surface area contributed by atoms with Crippen molar-refractivity contribution in [1.29, 1.82) is 0 Å². The van der Waals surface area contributed by atoms with Crippen LogP contribution in [-0.4, -0.2) is 65.7 Å². The standard InChI is InChI=1S/C43H85O10P/c1-3-5-7-9-11-13-15-16-17-18-19-20-21-22-23-24-25-27-29-31-33-35-43(47)53-41(39-52-54(48,49)51-37-40(45)36-44)38-50-42(46)34-32-30-28-26-14-12-10-8-6-4-2/h40-41,44-45H,3-39H2,1-2H3,(H,48,49)/t40-,41+/m0/s1. The number of carbonyl (C=O) groups excluding carboxylic acids is 2. The number of phosphoric ester groups is 1. The highest BCUT2D eigenvalue weighted by Crippen LogP contribution is 2.43. The second-order valence-electron chi connectivity index (χ2n) is 15.4. The van der Waals surface area contributed by atoms with E-state index in [4.69, 9.17) is 19.1 Å². The highest BCUT2D eigenvalue weighted by Gasteiger charge is 2.27. The average molecular weight is 793 g/mol. The summed E-state index contributed by atoms with van der Waals surface area (Å²) in [6, 6.07) is 0. The average Bonchev–Trinajstić information content (AvgIpc) is 3.16. The molecule has 0 saturated heterocycles. The molecule has 0 aliphatic rings. The third-order valence-corrected chi connectivity index (χ3v) is 11.0. The van der Waals surface area contributed by atoms with Crippen LogP contribution in [0.1, 0.15) is 226 Å². The van der Waals surface area contributed by atoms with Crippen LogP contribution in [0.25, 0.3) is 0 Å². The molecule has 54 heavy (non-hydrogen) atoms. The summed E-state index contributed by atoms with van der Waals surface area (Å²) >= 11 is 0. The fourth-order valence-corrected chi connectivity index (χ4v) is 7.31. The molecule has 10 nitrogen and oxygen atoms in total. The van der Waals surface area contributed by atoms with Crippen LogP contribution >= 0.6 is 7.82 Å². The van der Waals surface area contributed by atoms with Gasteiger partial charge in [-0.2, -0.15) is 0 Å². The van der Waals surface area contributed by atoms with E-state index in [1.807, 2.05) is 0 Å². The van der Waals surface area contributed by atoms with Gasteiger partial charge in [0, 0.05) is 12.8 Å². The SMILES string of the molecule is CCCCCCCCCCCCCCCCCCCCCCCC(=O)O[C@H](COC(=O)CCCCCCCCCCCC)COP(=O)(O)OC[C@@H](O)CO. The molecule has 3 N–H and O–H groups in total. The first-order valence-electron chi connectivity index (χ1n) is 22.5. The predicted octanol–water partition coefficient (Wildman–Crippen LogP) is 11.8. The number of carbonyl (C=O) groups is 2. The lowest BCUT2D eigenvalue weighted by Gasteiger charge is -2.20. The Labute approximate surface area is 331 Å². The van der Waals surface area contributed by atoms with Gasteiger partial charge in [-0.05, 0) is 12.8 Å². The Morgan fingerprint density at radius 3 is 1.15 bits per heavy atom. The maximum absolute atomic E-state index is 12.6. The van der Waals surface area contributed by atoms with Crippen LogP contribution in [0.3, 0.4) is 0 Å². The van der Waals surface area contributed by atoms with E-state index in [0.717, 1.165) is 38.5 Å². The lowest BCUT2D eigenvalue weighted by atomic mass is 10.0. The third kappa shape index (κ3) is 39.2. The summed E-state index contributed by atoms with van der Waals surface area (Å²) < 4.78 is 32.7. The van der Waals surface area contributed by atoms with Gasteiger partial charge in [0.2, 0.25) is 0 Å². The number of rotatable bonds is 43. The Hall–Kier alpha value is -1.03. The van der Waals surface area contributed by atoms with Crippen LogP contribution in [0.5, 0.6) is 0 Å². The number of unbranched alkanes of at least 4 members (excludes halogenated alkanes) is 29. The lowest BCUT2D eigenvalue weighted by molar-refractivity contribution is -0.161. The smallest absolute Gasteiger partial charge is 0.462 e. The predicted molar refractivity (Wildman–Crippen MR) is 219 cm³/mol. The number of aliphatic hydroxyl groups excluding tert-OH is 2. The summed E-state index contributed by atoms with van der Waals surface area (Å²) in [5.41, 5.74) is 0. The Morgan fingerprint density at radius 1 is 0.481 bits per heavy atom. The van der Waals surface area contributed by atoms with E-state index in [1.165, 1.54) is 148 Å². The third-order valence-electron chi connectivity index (χ3n) is 10.0. The molecule has 0 aromatic rings. The zero-order chi connectivity index (χ0) is 39.8. The van der Waals surface area contributed by atoms with Crippen LogP contribution in [0.4, 0.5) is 0 Å². The minimum Gasteiger partial charge on any atom is -0.462 e. The Balaban J connectivity index is 4.13. The van der Waals surface area contributed by atoms with E-state index in [1.54, 1.807) is 0 Å². The van der Waals surface area contributed by atoms with Gasteiger partial charge in [0.1, 0.15) is 12.7 Å². The van der Waals surface area contributed by atoms with Crippen molar-refractivity contribution in [2.24, 2.45) is 0 Å². The van der Waals surface area contributed by atoms with Gasteiger partial charge in [-0.15, -0.1) is 0 Å². The van der Waals surface area contributed by atoms with Crippen molar-refractivity contribution in [3.63, 3.8) is 0 Å². The number of phosphoric acid groups is 1. The Bertz CT molecular complexity index is 873. The van der Waals surface area contributed by atoms with Crippen molar-refractivity contribution in [1.82, 2.24) is 0 Å². The molecule has 3 atom stereocenters. The molecule has 322 valence electrons. The van der Waals surface area contributed by atoms with Crippen molar-refractivity contribution in [3.05, 3.63) is 0 Å². The van der Waals surface area contributed by atoms with Gasteiger partial charge in [-0.3, -0.25) is 18.6 Å². The lowest BCUT2D eigenvalue weighted by Crippen LogP contribution is -2.29. The molecule has 0 radical (unpaired) electrons. The molecule has 0 aliphatic heterocycles. The Kier molecular flexibility index (Phi) is 39.4. The number of aliphatic hydroxyl groups is 2. The molecule has 0 aromatic carbocycles. The zero-order valence-corrected chi connectivity index (χ0v) is 35.9. The van der Waals surface area contributed by atoms with E-state index < -0.39 is 51.8 Å². The fourth-order valence-electron chi connectivity index (χ4n) is 6.52.